The molecule has 0 unspecified atom stereocenters. The Bertz CT molecular complexity index is 540. The molecule has 0 saturated carbocycles. The second-order valence-corrected chi connectivity index (χ2v) is 5.48. The predicted octanol–water partition coefficient (Wildman–Crippen LogP) is 2.91. The maximum absolute atomic E-state index is 12.0. The molecule has 0 atom stereocenters. The highest BCUT2D eigenvalue weighted by molar-refractivity contribution is 9.11. The summed E-state index contributed by atoms with van der Waals surface area (Å²) in [6, 6.07) is 5.51. The van der Waals surface area contributed by atoms with Crippen LogP contribution >= 0.6 is 31.9 Å². The summed E-state index contributed by atoms with van der Waals surface area (Å²) in [5, 5.41) is 2.87. The number of hydrogen-bond acceptors (Lipinski definition) is 2. The van der Waals surface area contributed by atoms with Crippen molar-refractivity contribution in [3.63, 3.8) is 0 Å². The molecule has 0 aliphatic rings. The monoisotopic (exact) mass is 371 g/mol. The van der Waals surface area contributed by atoms with Gasteiger partial charge in [0.1, 0.15) is 0 Å². The summed E-state index contributed by atoms with van der Waals surface area (Å²) < 4.78 is 1.66. The number of nitrogens with one attached hydrogen (secondary N) is 2. The maximum Gasteiger partial charge on any atom is 0.252 e. The van der Waals surface area contributed by atoms with Crippen molar-refractivity contribution < 1.29 is 4.79 Å². The van der Waals surface area contributed by atoms with Crippen LogP contribution in [0.2, 0.25) is 0 Å². The highest BCUT2D eigenvalue weighted by Gasteiger charge is 2.09. The molecule has 0 radical (unpaired) electrons. The van der Waals surface area contributed by atoms with Crippen LogP contribution in [0, 0.1) is 0 Å². The fourth-order valence-corrected chi connectivity index (χ4v) is 2.29. The number of aromatic amines is 1. The first-order chi connectivity index (χ1) is 8.66. The molecule has 0 aliphatic heterocycles. The van der Waals surface area contributed by atoms with Gasteiger partial charge in [0, 0.05) is 33.8 Å². The van der Waals surface area contributed by atoms with Gasteiger partial charge in [-0.25, -0.2) is 4.98 Å². The molecule has 2 aromatic rings. The maximum atomic E-state index is 12.0. The molecular weight excluding hydrogens is 362 g/mol. The van der Waals surface area contributed by atoms with Crippen molar-refractivity contribution in [2.24, 2.45) is 0 Å². The summed E-state index contributed by atoms with van der Waals surface area (Å²) in [6.45, 7) is 0.569. The molecule has 2 N–H and O–H groups in total. The molecule has 1 heterocycles. The molecule has 0 saturated heterocycles. The van der Waals surface area contributed by atoms with Gasteiger partial charge in [0.25, 0.3) is 5.91 Å². The first-order valence-electron chi connectivity index (χ1n) is 5.37. The number of halogens is 2. The van der Waals surface area contributed by atoms with E-state index in [0.717, 1.165) is 21.1 Å². The van der Waals surface area contributed by atoms with Gasteiger partial charge in [0.05, 0.1) is 11.9 Å². The fraction of sp³-hybridized carbons (Fsp3) is 0.167. The van der Waals surface area contributed by atoms with Crippen LogP contribution in [0.15, 0.2) is 39.7 Å². The third-order valence-electron chi connectivity index (χ3n) is 2.41. The third-order valence-corrected chi connectivity index (χ3v) is 3.59. The molecular formula is C12H11Br2N3O. The average molecular weight is 373 g/mol. The number of amides is 1. The standard InChI is InChI=1S/C12H11Br2N3O/c13-8-1-2-11(14)10(5-8)12(18)16-4-3-9-6-15-7-17-9/h1-2,5-7H,3-4H2,(H,15,17)(H,16,18). The van der Waals surface area contributed by atoms with Gasteiger partial charge in [-0.3, -0.25) is 4.79 Å². The molecule has 0 fully saturated rings. The topological polar surface area (TPSA) is 57.8 Å². The van der Waals surface area contributed by atoms with Crippen LogP contribution in [-0.4, -0.2) is 22.4 Å². The quantitative estimate of drug-likeness (QED) is 0.866. The Balaban J connectivity index is 1.93. The number of H-pyrrole nitrogens is 1. The Kier molecular flexibility index (Phi) is 4.54. The van der Waals surface area contributed by atoms with E-state index in [2.05, 4.69) is 47.1 Å². The normalized spacial score (nSPS) is 10.3. The van der Waals surface area contributed by atoms with Crippen LogP contribution in [0.4, 0.5) is 0 Å². The number of aromatic nitrogens is 2. The van der Waals surface area contributed by atoms with E-state index in [-0.39, 0.29) is 5.91 Å². The minimum absolute atomic E-state index is 0.0947. The van der Waals surface area contributed by atoms with E-state index in [1.54, 1.807) is 18.6 Å². The second kappa shape index (κ2) is 6.15. The Morgan fingerprint density at radius 2 is 2.22 bits per heavy atom. The zero-order valence-corrected chi connectivity index (χ0v) is 12.6. The van der Waals surface area contributed by atoms with E-state index in [1.807, 2.05) is 12.1 Å². The summed E-state index contributed by atoms with van der Waals surface area (Å²) in [5.74, 6) is -0.0947. The van der Waals surface area contributed by atoms with Crippen molar-refractivity contribution in [3.05, 3.63) is 50.9 Å². The molecule has 0 aliphatic carbocycles. The lowest BCUT2D eigenvalue weighted by Crippen LogP contribution is -2.26. The van der Waals surface area contributed by atoms with Gasteiger partial charge >= 0.3 is 0 Å². The lowest BCUT2D eigenvalue weighted by atomic mass is 10.2. The Morgan fingerprint density at radius 3 is 2.94 bits per heavy atom. The Hall–Kier alpha value is -1.14. The van der Waals surface area contributed by atoms with Crippen molar-refractivity contribution in [2.45, 2.75) is 6.42 Å². The predicted molar refractivity (Wildman–Crippen MR) is 76.5 cm³/mol. The van der Waals surface area contributed by atoms with E-state index < -0.39 is 0 Å². The summed E-state index contributed by atoms with van der Waals surface area (Å²) in [6.07, 6.45) is 4.11. The van der Waals surface area contributed by atoms with Crippen molar-refractivity contribution >= 4 is 37.8 Å². The van der Waals surface area contributed by atoms with E-state index in [9.17, 15) is 4.79 Å². The van der Waals surface area contributed by atoms with E-state index in [4.69, 9.17) is 0 Å². The average Bonchev–Trinajstić information content (AvgIpc) is 2.85. The van der Waals surface area contributed by atoms with Gasteiger partial charge in [-0.15, -0.1) is 0 Å². The molecule has 6 heteroatoms. The van der Waals surface area contributed by atoms with Gasteiger partial charge < -0.3 is 10.3 Å². The van der Waals surface area contributed by atoms with Gasteiger partial charge in [-0.1, -0.05) is 15.9 Å². The highest BCUT2D eigenvalue weighted by Crippen LogP contribution is 2.21. The Morgan fingerprint density at radius 1 is 1.39 bits per heavy atom. The van der Waals surface area contributed by atoms with Gasteiger partial charge in [0.2, 0.25) is 0 Å². The number of imidazole rings is 1. The summed E-state index contributed by atoms with van der Waals surface area (Å²) >= 11 is 6.71. The van der Waals surface area contributed by atoms with E-state index in [0.29, 0.717) is 12.1 Å². The zero-order chi connectivity index (χ0) is 13.0. The molecule has 4 nitrogen and oxygen atoms in total. The van der Waals surface area contributed by atoms with E-state index >= 15 is 0 Å². The molecule has 2 rings (SSSR count). The minimum atomic E-state index is -0.0947. The number of benzene rings is 1. The van der Waals surface area contributed by atoms with Gasteiger partial charge in [-0.05, 0) is 34.1 Å². The number of carbonyl (C=O) groups is 1. The van der Waals surface area contributed by atoms with Crippen molar-refractivity contribution in [3.8, 4) is 0 Å². The molecule has 0 bridgehead atoms. The summed E-state index contributed by atoms with van der Waals surface area (Å²) in [4.78, 5) is 18.9. The smallest absolute Gasteiger partial charge is 0.252 e. The fourth-order valence-electron chi connectivity index (χ4n) is 1.50. The van der Waals surface area contributed by atoms with Crippen LogP contribution in [0.1, 0.15) is 16.1 Å². The first-order valence-corrected chi connectivity index (χ1v) is 6.96. The lowest BCUT2D eigenvalue weighted by molar-refractivity contribution is 0.0953. The van der Waals surface area contributed by atoms with Crippen LogP contribution in [0.5, 0.6) is 0 Å². The van der Waals surface area contributed by atoms with Gasteiger partial charge in [-0.2, -0.15) is 0 Å². The van der Waals surface area contributed by atoms with Gasteiger partial charge in [0.15, 0.2) is 0 Å². The largest absolute Gasteiger partial charge is 0.352 e. The summed E-state index contributed by atoms with van der Waals surface area (Å²) in [5.41, 5.74) is 1.62. The highest BCUT2D eigenvalue weighted by atomic mass is 79.9. The first kappa shape index (κ1) is 13.3. The van der Waals surface area contributed by atoms with Crippen molar-refractivity contribution in [1.29, 1.82) is 0 Å². The molecule has 94 valence electrons. The molecule has 1 amide bonds. The SMILES string of the molecule is O=C(NCCc1cnc[nH]1)c1cc(Br)ccc1Br. The molecule has 1 aromatic heterocycles. The van der Waals surface area contributed by atoms with E-state index in [1.165, 1.54) is 0 Å². The van der Waals surface area contributed by atoms with Crippen molar-refractivity contribution in [2.75, 3.05) is 6.54 Å². The number of carbonyl (C=O) groups excluding carboxylic acids is 1. The number of hydrogen-bond donors (Lipinski definition) is 2. The zero-order valence-electron chi connectivity index (χ0n) is 9.41. The Labute approximate surface area is 121 Å². The van der Waals surface area contributed by atoms with Crippen molar-refractivity contribution in [1.82, 2.24) is 15.3 Å². The number of rotatable bonds is 4. The van der Waals surface area contributed by atoms with Crippen LogP contribution in [0.3, 0.4) is 0 Å². The summed E-state index contributed by atoms with van der Waals surface area (Å²) in [7, 11) is 0. The number of nitrogens with zero attached hydrogens (tertiary/aromatic N) is 1. The molecule has 1 aromatic carbocycles. The molecule has 0 spiro atoms. The van der Waals surface area contributed by atoms with Crippen LogP contribution in [0.25, 0.3) is 0 Å². The van der Waals surface area contributed by atoms with Crippen LogP contribution in [-0.2, 0) is 6.42 Å². The third kappa shape index (κ3) is 3.43. The minimum Gasteiger partial charge on any atom is -0.352 e. The van der Waals surface area contributed by atoms with Crippen LogP contribution < -0.4 is 5.32 Å². The molecule has 18 heavy (non-hydrogen) atoms. The lowest BCUT2D eigenvalue weighted by Gasteiger charge is -2.06. The second-order valence-electron chi connectivity index (χ2n) is 3.71.